The molecule has 32 heavy (non-hydrogen) atoms. The number of hydrogen-bond donors (Lipinski definition) is 1. The molecule has 9 nitrogen and oxygen atoms in total. The molecule has 0 atom stereocenters. The molecule has 10 heteroatoms. The number of imidazole rings is 1. The lowest BCUT2D eigenvalue weighted by Gasteiger charge is -2.26. The number of ether oxygens (including phenoxy) is 1. The van der Waals surface area contributed by atoms with Crippen LogP contribution in [0.25, 0.3) is 11.0 Å². The molecule has 0 unspecified atom stereocenters. The Morgan fingerprint density at radius 3 is 2.66 bits per heavy atom. The van der Waals surface area contributed by atoms with Gasteiger partial charge in [0.2, 0.25) is 15.9 Å². The van der Waals surface area contributed by atoms with E-state index in [1.54, 1.807) is 12.1 Å². The average molecular weight is 466 g/mol. The molecule has 0 spiro atoms. The molecule has 1 N–H and O–H groups in total. The summed E-state index contributed by atoms with van der Waals surface area (Å²) in [5.41, 5.74) is 1.58. The smallest absolute Gasteiger partial charge is 0.243 e. The lowest BCUT2D eigenvalue weighted by molar-refractivity contribution is -0.122. The normalized spacial score (nSPS) is 15.5. The number of aromatic nitrogens is 2. The number of aryl methyl sites for hydroxylation is 1. The van der Waals surface area contributed by atoms with Gasteiger partial charge in [-0.05, 0) is 38.1 Å². The van der Waals surface area contributed by atoms with E-state index in [-0.39, 0.29) is 17.3 Å². The quantitative estimate of drug-likeness (QED) is 0.544. The summed E-state index contributed by atoms with van der Waals surface area (Å²) >= 11 is 0. The van der Waals surface area contributed by atoms with E-state index in [2.05, 4.69) is 16.8 Å². The second-order valence-corrected chi connectivity index (χ2v) is 10.2. The molecule has 1 fully saturated rings. The number of amides is 1. The first-order valence-corrected chi connectivity index (χ1v) is 12.8. The summed E-state index contributed by atoms with van der Waals surface area (Å²) in [5.74, 6) is 0.824. The van der Waals surface area contributed by atoms with Crippen LogP contribution in [0, 0.1) is 0 Å². The molecule has 3 rings (SSSR count). The zero-order chi connectivity index (χ0) is 23.1. The summed E-state index contributed by atoms with van der Waals surface area (Å²) in [5, 5.41) is 2.89. The van der Waals surface area contributed by atoms with E-state index in [0.717, 1.165) is 37.1 Å². The van der Waals surface area contributed by atoms with Crippen molar-refractivity contribution >= 4 is 27.0 Å². The van der Waals surface area contributed by atoms with Crippen LogP contribution >= 0.6 is 0 Å². The van der Waals surface area contributed by atoms with Crippen molar-refractivity contribution in [2.24, 2.45) is 0 Å². The number of fused-ring (bicyclic) bond motifs is 1. The minimum absolute atomic E-state index is 0.00976. The Labute approximate surface area is 190 Å². The fourth-order valence-corrected chi connectivity index (χ4v) is 5.23. The number of benzene rings is 1. The SMILES string of the molecule is CCCCn1c(CN(C)CC(=O)NCCC)nc2cc(S(=O)(=O)N3CCOCC3)ccc21. The highest BCUT2D eigenvalue weighted by Crippen LogP contribution is 2.24. The van der Waals surface area contributed by atoms with Crippen molar-refractivity contribution in [1.29, 1.82) is 0 Å². The molecule has 0 aliphatic carbocycles. The van der Waals surface area contributed by atoms with Crippen LogP contribution in [-0.4, -0.2) is 79.5 Å². The third-order valence-electron chi connectivity index (χ3n) is 5.54. The number of carbonyl (C=O) groups excluding carboxylic acids is 1. The molecule has 1 aliphatic heterocycles. The highest BCUT2D eigenvalue weighted by atomic mass is 32.2. The Bertz CT molecular complexity index is 1010. The van der Waals surface area contributed by atoms with Crippen LogP contribution in [-0.2, 0) is 32.6 Å². The van der Waals surface area contributed by atoms with E-state index in [0.29, 0.717) is 44.9 Å². The number of unbranched alkanes of at least 4 members (excludes halogenated alkanes) is 1. The fourth-order valence-electron chi connectivity index (χ4n) is 3.81. The van der Waals surface area contributed by atoms with Crippen molar-refractivity contribution in [2.75, 3.05) is 46.4 Å². The lowest BCUT2D eigenvalue weighted by atomic mass is 10.3. The van der Waals surface area contributed by atoms with Gasteiger partial charge in [0.15, 0.2) is 0 Å². The van der Waals surface area contributed by atoms with E-state index in [9.17, 15) is 13.2 Å². The van der Waals surface area contributed by atoms with Gasteiger partial charge < -0.3 is 14.6 Å². The lowest BCUT2D eigenvalue weighted by Crippen LogP contribution is -2.40. The zero-order valence-corrected chi connectivity index (χ0v) is 20.2. The van der Waals surface area contributed by atoms with Crippen LogP contribution in [0.4, 0.5) is 0 Å². The summed E-state index contributed by atoms with van der Waals surface area (Å²) in [6.07, 6.45) is 2.93. The fraction of sp³-hybridized carbons (Fsp3) is 0.636. The standard InChI is InChI=1S/C22H35N5O4S/c1-4-6-10-27-20-8-7-18(32(29,30)26-11-13-31-14-12-26)15-19(20)24-21(27)16-25(3)17-22(28)23-9-5-2/h7-8,15H,4-6,9-14,16-17H2,1-3H3,(H,23,28). The van der Waals surface area contributed by atoms with Gasteiger partial charge in [0.1, 0.15) is 5.82 Å². The zero-order valence-electron chi connectivity index (χ0n) is 19.3. The molecule has 0 bridgehead atoms. The Morgan fingerprint density at radius 2 is 1.97 bits per heavy atom. The van der Waals surface area contributed by atoms with Gasteiger partial charge in [0.25, 0.3) is 0 Å². The number of rotatable bonds is 11. The Kier molecular flexibility index (Phi) is 8.64. The van der Waals surface area contributed by atoms with Crippen molar-refractivity contribution in [3.8, 4) is 0 Å². The molecular weight excluding hydrogens is 430 g/mol. The summed E-state index contributed by atoms with van der Waals surface area (Å²) in [4.78, 5) is 19.0. The van der Waals surface area contributed by atoms with E-state index >= 15 is 0 Å². The van der Waals surface area contributed by atoms with Crippen LogP contribution in [0.5, 0.6) is 0 Å². The molecule has 2 aromatic rings. The van der Waals surface area contributed by atoms with Crippen LogP contribution in [0.1, 0.15) is 38.9 Å². The highest BCUT2D eigenvalue weighted by Gasteiger charge is 2.27. The van der Waals surface area contributed by atoms with Crippen molar-refractivity contribution in [2.45, 2.75) is 51.1 Å². The summed E-state index contributed by atoms with van der Waals surface area (Å²) in [7, 11) is -1.69. The van der Waals surface area contributed by atoms with Gasteiger partial charge >= 0.3 is 0 Å². The molecule has 1 aromatic heterocycles. The minimum atomic E-state index is -3.58. The maximum absolute atomic E-state index is 13.1. The van der Waals surface area contributed by atoms with E-state index in [1.165, 1.54) is 4.31 Å². The van der Waals surface area contributed by atoms with Gasteiger partial charge in [-0.3, -0.25) is 9.69 Å². The molecule has 0 radical (unpaired) electrons. The van der Waals surface area contributed by atoms with Gasteiger partial charge in [0, 0.05) is 26.2 Å². The van der Waals surface area contributed by atoms with Gasteiger partial charge in [-0.25, -0.2) is 13.4 Å². The van der Waals surface area contributed by atoms with Gasteiger partial charge in [-0.15, -0.1) is 0 Å². The summed E-state index contributed by atoms with van der Waals surface area (Å²) in [6, 6.07) is 5.19. The molecule has 1 aliphatic rings. The van der Waals surface area contributed by atoms with Crippen molar-refractivity contribution in [3.05, 3.63) is 24.0 Å². The monoisotopic (exact) mass is 465 g/mol. The maximum atomic E-state index is 13.1. The average Bonchev–Trinajstić information content (AvgIpc) is 3.12. The molecule has 1 amide bonds. The second kappa shape index (κ2) is 11.2. The van der Waals surface area contributed by atoms with Crippen LogP contribution in [0.3, 0.4) is 0 Å². The first-order chi connectivity index (χ1) is 15.4. The number of nitrogens with zero attached hydrogens (tertiary/aromatic N) is 4. The minimum Gasteiger partial charge on any atom is -0.379 e. The number of likely N-dealkylation sites (N-methyl/N-ethyl adjacent to an activating group) is 1. The molecule has 1 saturated heterocycles. The first kappa shape index (κ1) is 24.6. The molecule has 178 valence electrons. The molecule has 1 aromatic carbocycles. The van der Waals surface area contributed by atoms with Gasteiger partial charge in [-0.2, -0.15) is 4.31 Å². The van der Waals surface area contributed by atoms with Crippen molar-refractivity contribution in [3.63, 3.8) is 0 Å². The Morgan fingerprint density at radius 1 is 1.22 bits per heavy atom. The predicted molar refractivity (Wildman–Crippen MR) is 124 cm³/mol. The predicted octanol–water partition coefficient (Wildman–Crippen LogP) is 1.82. The number of hydrogen-bond acceptors (Lipinski definition) is 6. The summed E-state index contributed by atoms with van der Waals surface area (Å²) in [6.45, 7) is 7.96. The van der Waals surface area contributed by atoms with Crippen molar-refractivity contribution in [1.82, 2.24) is 24.1 Å². The number of carbonyl (C=O) groups is 1. The van der Waals surface area contributed by atoms with Crippen LogP contribution < -0.4 is 5.32 Å². The summed E-state index contributed by atoms with van der Waals surface area (Å²) < 4.78 is 35.0. The molecular formula is C22H35N5O4S. The maximum Gasteiger partial charge on any atom is 0.243 e. The largest absolute Gasteiger partial charge is 0.379 e. The third-order valence-corrected chi connectivity index (χ3v) is 7.43. The third kappa shape index (κ3) is 5.86. The second-order valence-electron chi connectivity index (χ2n) is 8.22. The first-order valence-electron chi connectivity index (χ1n) is 11.4. The topological polar surface area (TPSA) is 96.8 Å². The Balaban J connectivity index is 1.86. The molecule has 2 heterocycles. The van der Waals surface area contributed by atoms with Crippen LogP contribution in [0.2, 0.25) is 0 Å². The van der Waals surface area contributed by atoms with E-state index < -0.39 is 10.0 Å². The number of nitrogens with one attached hydrogen (secondary N) is 1. The van der Waals surface area contributed by atoms with Crippen molar-refractivity contribution < 1.29 is 17.9 Å². The molecule has 0 saturated carbocycles. The number of morpholine rings is 1. The highest BCUT2D eigenvalue weighted by molar-refractivity contribution is 7.89. The van der Waals surface area contributed by atoms with E-state index in [1.807, 2.05) is 24.9 Å². The van der Waals surface area contributed by atoms with E-state index in [4.69, 9.17) is 9.72 Å². The Hall–Kier alpha value is -2.01. The number of sulfonamides is 1. The van der Waals surface area contributed by atoms with Crippen LogP contribution in [0.15, 0.2) is 23.1 Å². The van der Waals surface area contributed by atoms with Gasteiger partial charge in [0.05, 0.1) is 42.2 Å². The van der Waals surface area contributed by atoms with Gasteiger partial charge in [-0.1, -0.05) is 20.3 Å².